The highest BCUT2D eigenvalue weighted by molar-refractivity contribution is 6.04. The van der Waals surface area contributed by atoms with E-state index in [0.29, 0.717) is 12.0 Å². The zero-order chi connectivity index (χ0) is 22.2. The lowest BCUT2D eigenvalue weighted by atomic mass is 9.68. The predicted molar refractivity (Wildman–Crippen MR) is 122 cm³/mol. The van der Waals surface area contributed by atoms with E-state index < -0.39 is 0 Å². The van der Waals surface area contributed by atoms with E-state index in [9.17, 15) is 9.59 Å². The third kappa shape index (κ3) is 4.63. The summed E-state index contributed by atoms with van der Waals surface area (Å²) < 4.78 is 6.04. The number of esters is 1. The van der Waals surface area contributed by atoms with Crippen molar-refractivity contribution in [1.29, 1.82) is 0 Å². The fraction of sp³-hybridized carbons (Fsp3) is 0.556. The lowest BCUT2D eigenvalue weighted by Gasteiger charge is -2.39. The van der Waals surface area contributed by atoms with Crippen molar-refractivity contribution in [2.45, 2.75) is 91.1 Å². The first-order chi connectivity index (χ1) is 14.7. The number of carbonyl (C=O) groups is 2. The van der Waals surface area contributed by atoms with Gasteiger partial charge in [0.2, 0.25) is 0 Å². The zero-order valence-electron chi connectivity index (χ0n) is 19.3. The molecular formula is C27H35NO3. The topological polar surface area (TPSA) is 55.4 Å². The van der Waals surface area contributed by atoms with E-state index >= 15 is 0 Å². The highest BCUT2D eigenvalue weighted by Gasteiger charge is 2.43. The first-order valence-electron chi connectivity index (χ1n) is 11.8. The van der Waals surface area contributed by atoms with Crippen molar-refractivity contribution in [3.63, 3.8) is 0 Å². The lowest BCUT2D eigenvalue weighted by molar-refractivity contribution is -0.145. The van der Waals surface area contributed by atoms with Crippen LogP contribution in [0, 0.1) is 12.3 Å². The van der Waals surface area contributed by atoms with Crippen molar-refractivity contribution in [2.24, 2.45) is 5.41 Å². The molecule has 1 aromatic rings. The van der Waals surface area contributed by atoms with E-state index in [2.05, 4.69) is 43.4 Å². The Morgan fingerprint density at radius 2 is 1.65 bits per heavy atom. The summed E-state index contributed by atoms with van der Waals surface area (Å²) in [7, 11) is 0. The minimum Gasteiger partial charge on any atom is -0.459 e. The number of aryl methyl sites for hydroxylation is 1. The molecule has 0 bridgehead atoms. The number of rotatable bonds is 3. The van der Waals surface area contributed by atoms with Crippen LogP contribution in [-0.2, 0) is 14.3 Å². The number of benzene rings is 1. The van der Waals surface area contributed by atoms with E-state index in [1.807, 2.05) is 13.8 Å². The average molecular weight is 422 g/mol. The van der Waals surface area contributed by atoms with Gasteiger partial charge in [-0.05, 0) is 56.9 Å². The van der Waals surface area contributed by atoms with Crippen LogP contribution in [0.3, 0.4) is 0 Å². The number of carbonyl (C=O) groups excluding carboxylic acids is 2. The smallest absolute Gasteiger partial charge is 0.337 e. The lowest BCUT2D eigenvalue weighted by Crippen LogP contribution is -2.39. The van der Waals surface area contributed by atoms with Gasteiger partial charge in [0.15, 0.2) is 5.78 Å². The van der Waals surface area contributed by atoms with Crippen LogP contribution in [0.2, 0.25) is 0 Å². The number of nitrogens with one attached hydrogen (secondary N) is 1. The van der Waals surface area contributed by atoms with Crippen LogP contribution in [0.15, 0.2) is 46.8 Å². The Kier molecular flexibility index (Phi) is 6.09. The standard InChI is InChI=1S/C27H35NO3/c1-17-11-13-19(14-12-17)24-23(26(30)31-20-9-7-5-6-8-10-20)18(2)28-21-15-27(3,4)16-22(29)25(21)24/h11-14,20,24,28H,5-10,15-16H2,1-4H3. The van der Waals surface area contributed by atoms with Crippen molar-refractivity contribution in [2.75, 3.05) is 0 Å². The number of hydrogen-bond acceptors (Lipinski definition) is 4. The largest absolute Gasteiger partial charge is 0.459 e. The van der Waals surface area contributed by atoms with Crippen molar-refractivity contribution < 1.29 is 14.3 Å². The number of dihydropyridines is 1. The molecule has 0 radical (unpaired) electrons. The van der Waals surface area contributed by atoms with Gasteiger partial charge < -0.3 is 10.1 Å². The molecule has 0 spiro atoms. The molecule has 2 aliphatic carbocycles. The molecule has 4 rings (SSSR count). The number of ether oxygens (including phenoxy) is 1. The summed E-state index contributed by atoms with van der Waals surface area (Å²) in [4.78, 5) is 26.8. The van der Waals surface area contributed by atoms with Crippen LogP contribution in [0.5, 0.6) is 0 Å². The monoisotopic (exact) mass is 421 g/mol. The summed E-state index contributed by atoms with van der Waals surface area (Å²) in [5.74, 6) is -0.498. The molecule has 0 amide bonds. The van der Waals surface area contributed by atoms with Gasteiger partial charge in [0.05, 0.1) is 5.57 Å². The van der Waals surface area contributed by atoms with Crippen molar-refractivity contribution in [1.82, 2.24) is 5.32 Å². The maximum atomic E-state index is 13.5. The number of ketones is 1. The van der Waals surface area contributed by atoms with Gasteiger partial charge in [0.25, 0.3) is 0 Å². The highest BCUT2D eigenvalue weighted by atomic mass is 16.5. The first kappa shape index (κ1) is 21.9. The Hall–Kier alpha value is -2.36. The summed E-state index contributed by atoms with van der Waals surface area (Å²) in [6.45, 7) is 8.26. The third-order valence-electron chi connectivity index (χ3n) is 6.95. The van der Waals surface area contributed by atoms with Crippen LogP contribution in [0.1, 0.15) is 89.2 Å². The number of Topliss-reactive ketones (excluding diaryl/α,β-unsaturated/α-hetero) is 1. The van der Waals surface area contributed by atoms with Gasteiger partial charge in [-0.1, -0.05) is 56.5 Å². The molecule has 4 heteroatoms. The van der Waals surface area contributed by atoms with Gasteiger partial charge >= 0.3 is 5.97 Å². The summed E-state index contributed by atoms with van der Waals surface area (Å²) in [6.07, 6.45) is 7.79. The minimum absolute atomic E-state index is 0.0228. The van der Waals surface area contributed by atoms with Gasteiger partial charge in [-0.2, -0.15) is 0 Å². The Balaban J connectivity index is 1.73. The Morgan fingerprint density at radius 3 is 2.29 bits per heavy atom. The summed E-state index contributed by atoms with van der Waals surface area (Å²) in [5.41, 5.74) is 5.19. The normalized spacial score (nSPS) is 24.4. The molecule has 0 aromatic heterocycles. The first-order valence-corrected chi connectivity index (χ1v) is 11.8. The molecule has 1 atom stereocenters. The number of allylic oxidation sites excluding steroid dienone is 3. The summed E-state index contributed by atoms with van der Waals surface area (Å²) >= 11 is 0. The van der Waals surface area contributed by atoms with Gasteiger partial charge in [-0.25, -0.2) is 4.79 Å². The van der Waals surface area contributed by atoms with Crippen molar-refractivity contribution >= 4 is 11.8 Å². The molecule has 4 nitrogen and oxygen atoms in total. The van der Waals surface area contributed by atoms with Gasteiger partial charge in [0.1, 0.15) is 6.10 Å². The second-order valence-electron chi connectivity index (χ2n) is 10.4. The highest BCUT2D eigenvalue weighted by Crippen LogP contribution is 2.47. The van der Waals surface area contributed by atoms with Crippen LogP contribution < -0.4 is 5.32 Å². The van der Waals surface area contributed by atoms with Crippen molar-refractivity contribution in [3.05, 3.63) is 57.9 Å². The van der Waals surface area contributed by atoms with Gasteiger partial charge in [-0.15, -0.1) is 0 Å². The van der Waals surface area contributed by atoms with Crippen molar-refractivity contribution in [3.8, 4) is 0 Å². The van der Waals surface area contributed by atoms with E-state index in [4.69, 9.17) is 4.74 Å². The molecule has 0 saturated heterocycles. The van der Waals surface area contributed by atoms with E-state index in [1.54, 1.807) is 0 Å². The molecule has 1 aromatic carbocycles. The van der Waals surface area contributed by atoms with E-state index in [-0.39, 0.29) is 29.2 Å². The summed E-state index contributed by atoms with van der Waals surface area (Å²) in [5, 5.41) is 3.43. The molecular weight excluding hydrogens is 386 g/mol. The quantitative estimate of drug-likeness (QED) is 0.490. The molecule has 1 heterocycles. The second-order valence-corrected chi connectivity index (χ2v) is 10.4. The molecule has 31 heavy (non-hydrogen) atoms. The average Bonchev–Trinajstić information content (AvgIpc) is 2.95. The molecule has 1 unspecified atom stereocenters. The Morgan fingerprint density at radius 1 is 1.00 bits per heavy atom. The fourth-order valence-electron chi connectivity index (χ4n) is 5.37. The van der Waals surface area contributed by atoms with Crippen LogP contribution >= 0.6 is 0 Å². The zero-order valence-corrected chi connectivity index (χ0v) is 19.3. The predicted octanol–water partition coefficient (Wildman–Crippen LogP) is 5.87. The SMILES string of the molecule is CC1=C(C(=O)OC2CCCCCC2)C(c2ccc(C)cc2)C2=C(CC(C)(C)CC2=O)N1. The maximum Gasteiger partial charge on any atom is 0.337 e. The van der Waals surface area contributed by atoms with Crippen LogP contribution in [0.4, 0.5) is 0 Å². The van der Waals surface area contributed by atoms with Crippen LogP contribution in [-0.4, -0.2) is 17.9 Å². The number of hydrogen-bond donors (Lipinski definition) is 1. The molecule has 3 aliphatic rings. The van der Waals surface area contributed by atoms with Crippen LogP contribution in [0.25, 0.3) is 0 Å². The summed E-state index contributed by atoms with van der Waals surface area (Å²) in [6, 6.07) is 8.21. The van der Waals surface area contributed by atoms with E-state index in [0.717, 1.165) is 60.2 Å². The molecule has 1 aliphatic heterocycles. The molecule has 1 fully saturated rings. The second kappa shape index (κ2) is 8.64. The van der Waals surface area contributed by atoms with Gasteiger partial charge in [-0.3, -0.25) is 4.79 Å². The van der Waals surface area contributed by atoms with Gasteiger partial charge in [0, 0.05) is 29.3 Å². The minimum atomic E-state index is -0.362. The Bertz CT molecular complexity index is 928. The molecule has 1 saturated carbocycles. The molecule has 1 N–H and O–H groups in total. The Labute approximate surface area is 186 Å². The fourth-order valence-corrected chi connectivity index (χ4v) is 5.37. The van der Waals surface area contributed by atoms with E-state index in [1.165, 1.54) is 12.8 Å². The molecule has 166 valence electrons. The third-order valence-corrected chi connectivity index (χ3v) is 6.95. The maximum absolute atomic E-state index is 13.5.